The zero-order valence-electron chi connectivity index (χ0n) is 12.8. The molecule has 0 aliphatic carbocycles. The summed E-state index contributed by atoms with van der Waals surface area (Å²) in [4.78, 5) is 12.0. The van der Waals surface area contributed by atoms with Crippen molar-refractivity contribution < 1.29 is 4.74 Å². The van der Waals surface area contributed by atoms with Crippen LogP contribution in [0.2, 0.25) is 0 Å². The van der Waals surface area contributed by atoms with Crippen molar-refractivity contribution in [2.75, 3.05) is 7.11 Å². The normalized spacial score (nSPS) is 10.7. The fourth-order valence-corrected chi connectivity index (χ4v) is 2.18. The highest BCUT2D eigenvalue weighted by atomic mass is 16.5. The van der Waals surface area contributed by atoms with Crippen molar-refractivity contribution in [3.05, 3.63) is 64.4 Å². The second kappa shape index (κ2) is 6.62. The number of hydrogen-bond acceptors (Lipinski definition) is 5. The third-order valence-electron chi connectivity index (χ3n) is 3.35. The summed E-state index contributed by atoms with van der Waals surface area (Å²) in [5, 5.41) is 22.3. The summed E-state index contributed by atoms with van der Waals surface area (Å²) in [7, 11) is 1.57. The maximum absolute atomic E-state index is 12.0. The fourth-order valence-electron chi connectivity index (χ4n) is 2.18. The molecule has 2 N–H and O–H groups in total. The third kappa shape index (κ3) is 3.08. The highest BCUT2D eigenvalue weighted by Crippen LogP contribution is 2.28. The van der Waals surface area contributed by atoms with Crippen molar-refractivity contribution >= 4 is 11.4 Å². The van der Waals surface area contributed by atoms with Gasteiger partial charge in [-0.25, -0.2) is 0 Å². The molecule has 0 spiro atoms. The molecule has 0 radical (unpaired) electrons. The number of aromatic amines is 2. The standard InChI is InChI=1S/C17H13N5O2/c1-24-14-7-3-5-12(9-14)15-16(17(23)22-20-15)21-19-13-6-2-4-11(8-13)10-18/h2-9H,1H3,(H2,20,22,23). The predicted octanol–water partition coefficient (Wildman–Crippen LogP) is 3.67. The fraction of sp³-hybridized carbons (Fsp3) is 0.0588. The zero-order valence-corrected chi connectivity index (χ0v) is 12.8. The molecule has 3 rings (SSSR count). The second-order valence-electron chi connectivity index (χ2n) is 4.90. The van der Waals surface area contributed by atoms with Crippen LogP contribution in [0, 0.1) is 11.3 Å². The lowest BCUT2D eigenvalue weighted by Crippen LogP contribution is -1.96. The van der Waals surface area contributed by atoms with E-state index in [4.69, 9.17) is 10.00 Å². The number of aromatic nitrogens is 2. The minimum atomic E-state index is -0.381. The largest absolute Gasteiger partial charge is 0.497 e. The van der Waals surface area contributed by atoms with Gasteiger partial charge >= 0.3 is 0 Å². The van der Waals surface area contributed by atoms with E-state index in [1.54, 1.807) is 37.4 Å². The summed E-state index contributed by atoms with van der Waals surface area (Å²) in [5.74, 6) is 0.666. The van der Waals surface area contributed by atoms with E-state index in [1.807, 2.05) is 24.3 Å². The summed E-state index contributed by atoms with van der Waals surface area (Å²) in [6.07, 6.45) is 0. The molecule has 1 heterocycles. The highest BCUT2D eigenvalue weighted by molar-refractivity contribution is 5.72. The number of rotatable bonds is 4. The van der Waals surface area contributed by atoms with Crippen molar-refractivity contribution in [3.8, 4) is 23.1 Å². The minimum Gasteiger partial charge on any atom is -0.497 e. The van der Waals surface area contributed by atoms with E-state index in [0.717, 1.165) is 5.56 Å². The number of benzene rings is 2. The van der Waals surface area contributed by atoms with Crippen LogP contribution in [-0.4, -0.2) is 17.3 Å². The van der Waals surface area contributed by atoms with Gasteiger partial charge in [-0.15, -0.1) is 5.11 Å². The first kappa shape index (κ1) is 15.2. The number of nitriles is 1. The molecule has 0 aliphatic rings. The molecule has 0 aliphatic heterocycles. The van der Waals surface area contributed by atoms with Crippen molar-refractivity contribution in [3.63, 3.8) is 0 Å². The van der Waals surface area contributed by atoms with Gasteiger partial charge in [0, 0.05) is 5.56 Å². The number of nitrogens with zero attached hydrogens (tertiary/aromatic N) is 3. The minimum absolute atomic E-state index is 0.158. The van der Waals surface area contributed by atoms with Crippen LogP contribution in [0.1, 0.15) is 5.56 Å². The lowest BCUT2D eigenvalue weighted by molar-refractivity contribution is 0.415. The summed E-state index contributed by atoms with van der Waals surface area (Å²) in [6.45, 7) is 0. The summed E-state index contributed by atoms with van der Waals surface area (Å²) >= 11 is 0. The van der Waals surface area contributed by atoms with Crippen LogP contribution in [-0.2, 0) is 0 Å². The van der Waals surface area contributed by atoms with Crippen molar-refractivity contribution in [2.45, 2.75) is 0 Å². The van der Waals surface area contributed by atoms with Gasteiger partial charge < -0.3 is 4.74 Å². The molecule has 1 aromatic heterocycles. The highest BCUT2D eigenvalue weighted by Gasteiger charge is 2.12. The Kier molecular flexibility index (Phi) is 4.21. The van der Waals surface area contributed by atoms with Gasteiger partial charge in [-0.3, -0.25) is 15.0 Å². The first-order chi connectivity index (χ1) is 11.7. The maximum atomic E-state index is 12.0. The van der Waals surface area contributed by atoms with Crippen LogP contribution in [0.25, 0.3) is 11.3 Å². The number of hydrogen-bond donors (Lipinski definition) is 2. The van der Waals surface area contributed by atoms with Crippen LogP contribution >= 0.6 is 0 Å². The molecule has 7 nitrogen and oxygen atoms in total. The van der Waals surface area contributed by atoms with Gasteiger partial charge in [0.1, 0.15) is 5.75 Å². The molecule has 0 atom stereocenters. The molecular formula is C17H13N5O2. The summed E-state index contributed by atoms with van der Waals surface area (Å²) in [6, 6.07) is 15.9. The number of nitrogens with one attached hydrogen (secondary N) is 2. The van der Waals surface area contributed by atoms with E-state index in [2.05, 4.69) is 20.4 Å². The van der Waals surface area contributed by atoms with Crippen LogP contribution in [0.15, 0.2) is 63.6 Å². The molecule has 3 aromatic rings. The number of azo groups is 1. The van der Waals surface area contributed by atoms with Gasteiger partial charge in [0.25, 0.3) is 5.56 Å². The average Bonchev–Trinajstić information content (AvgIpc) is 3.01. The van der Waals surface area contributed by atoms with Gasteiger partial charge in [-0.05, 0) is 30.3 Å². The third-order valence-corrected chi connectivity index (χ3v) is 3.35. The summed E-state index contributed by atoms with van der Waals surface area (Å²) in [5.41, 5.74) is 2.00. The molecule has 0 amide bonds. The van der Waals surface area contributed by atoms with Gasteiger partial charge in [0.15, 0.2) is 5.69 Å². The molecule has 24 heavy (non-hydrogen) atoms. The number of methoxy groups -OCH3 is 1. The first-order valence-corrected chi connectivity index (χ1v) is 7.08. The Balaban J connectivity index is 2.00. The van der Waals surface area contributed by atoms with Crippen LogP contribution < -0.4 is 10.3 Å². The maximum Gasteiger partial charge on any atom is 0.292 e. The molecule has 118 valence electrons. The van der Waals surface area contributed by atoms with Crippen molar-refractivity contribution in [1.29, 1.82) is 5.26 Å². The Morgan fingerprint density at radius 2 is 1.92 bits per heavy atom. The average molecular weight is 319 g/mol. The van der Waals surface area contributed by atoms with E-state index in [-0.39, 0.29) is 11.2 Å². The number of ether oxygens (including phenoxy) is 1. The van der Waals surface area contributed by atoms with Gasteiger partial charge in [-0.2, -0.15) is 10.4 Å². The van der Waals surface area contributed by atoms with Crippen LogP contribution in [0.3, 0.4) is 0 Å². The lowest BCUT2D eigenvalue weighted by atomic mass is 10.1. The smallest absolute Gasteiger partial charge is 0.292 e. The molecule has 2 aromatic carbocycles. The number of H-pyrrole nitrogens is 2. The van der Waals surface area contributed by atoms with Gasteiger partial charge in [0.05, 0.1) is 30.1 Å². The Morgan fingerprint density at radius 1 is 1.08 bits per heavy atom. The lowest BCUT2D eigenvalue weighted by Gasteiger charge is -2.02. The summed E-state index contributed by atoms with van der Waals surface area (Å²) < 4.78 is 5.19. The topological polar surface area (TPSA) is 106 Å². The molecule has 0 unspecified atom stereocenters. The molecule has 0 saturated carbocycles. The predicted molar refractivity (Wildman–Crippen MR) is 88.7 cm³/mol. The van der Waals surface area contributed by atoms with Crippen molar-refractivity contribution in [1.82, 2.24) is 10.2 Å². The zero-order chi connectivity index (χ0) is 16.9. The van der Waals surface area contributed by atoms with Crippen LogP contribution in [0.4, 0.5) is 11.4 Å². The molecule has 7 heteroatoms. The van der Waals surface area contributed by atoms with E-state index in [9.17, 15) is 4.79 Å². The SMILES string of the molecule is COc1cccc(-c2[nH][nH]c(=O)c2N=Nc2cccc(C#N)c2)c1. The Bertz CT molecular complexity index is 994. The van der Waals surface area contributed by atoms with E-state index in [1.165, 1.54) is 0 Å². The van der Waals surface area contributed by atoms with E-state index >= 15 is 0 Å². The second-order valence-corrected chi connectivity index (χ2v) is 4.90. The Hall–Kier alpha value is -3.66. The quantitative estimate of drug-likeness (QED) is 0.716. The van der Waals surface area contributed by atoms with Gasteiger partial charge in [-0.1, -0.05) is 18.2 Å². The molecule has 0 saturated heterocycles. The molecular weight excluding hydrogens is 306 g/mol. The Labute approximate surface area is 137 Å². The van der Waals surface area contributed by atoms with Crippen molar-refractivity contribution in [2.24, 2.45) is 10.2 Å². The van der Waals surface area contributed by atoms with E-state index in [0.29, 0.717) is 22.7 Å². The Morgan fingerprint density at radius 3 is 2.71 bits per heavy atom. The monoisotopic (exact) mass is 319 g/mol. The van der Waals surface area contributed by atoms with Crippen LogP contribution in [0.5, 0.6) is 5.75 Å². The van der Waals surface area contributed by atoms with E-state index < -0.39 is 0 Å². The molecule has 0 bridgehead atoms. The molecule has 0 fully saturated rings. The van der Waals surface area contributed by atoms with Gasteiger partial charge in [0.2, 0.25) is 0 Å². The first-order valence-electron chi connectivity index (χ1n) is 7.08.